The number of nitrogens with one attached hydrogen (secondary N) is 2. The van der Waals surface area contributed by atoms with E-state index in [4.69, 9.17) is 5.26 Å². The highest BCUT2D eigenvalue weighted by atomic mass is 16.2. The Labute approximate surface area is 163 Å². The minimum Gasteiger partial charge on any atom is -0.325 e. The first-order valence-electron chi connectivity index (χ1n) is 8.89. The van der Waals surface area contributed by atoms with E-state index in [9.17, 15) is 14.4 Å². The fourth-order valence-electron chi connectivity index (χ4n) is 3.07. The lowest BCUT2D eigenvalue weighted by atomic mass is 9.93. The number of aryl methyl sites for hydroxylation is 1. The molecule has 0 bridgehead atoms. The molecule has 0 aliphatic carbocycles. The molecule has 2 aromatic carbocycles. The predicted molar refractivity (Wildman–Crippen MR) is 103 cm³/mol. The molecule has 142 valence electrons. The molecule has 1 fully saturated rings. The zero-order valence-electron chi connectivity index (χ0n) is 15.4. The van der Waals surface area contributed by atoms with Crippen LogP contribution in [-0.4, -0.2) is 34.8 Å². The van der Waals surface area contributed by atoms with Gasteiger partial charge in [-0.1, -0.05) is 30.3 Å². The first-order valence-corrected chi connectivity index (χ1v) is 8.89. The van der Waals surface area contributed by atoms with Crippen LogP contribution in [0, 0.1) is 11.3 Å². The van der Waals surface area contributed by atoms with Crippen LogP contribution in [0.2, 0.25) is 0 Å². The van der Waals surface area contributed by atoms with Crippen LogP contribution in [0.1, 0.15) is 24.5 Å². The number of nitrogens with zero attached hydrogens (tertiary/aromatic N) is 2. The maximum atomic E-state index is 12.8. The molecule has 3 rings (SSSR count). The molecule has 7 heteroatoms. The summed E-state index contributed by atoms with van der Waals surface area (Å²) < 4.78 is 0. The molecule has 2 aromatic rings. The average Bonchev–Trinajstić information content (AvgIpc) is 2.91. The lowest BCUT2D eigenvalue weighted by Gasteiger charge is -2.21. The lowest BCUT2D eigenvalue weighted by molar-refractivity contribution is -0.133. The highest BCUT2D eigenvalue weighted by Crippen LogP contribution is 2.23. The fourth-order valence-corrected chi connectivity index (χ4v) is 3.07. The smallest absolute Gasteiger partial charge is 0.325 e. The van der Waals surface area contributed by atoms with Crippen LogP contribution < -0.4 is 10.6 Å². The van der Waals surface area contributed by atoms with Crippen molar-refractivity contribution in [2.45, 2.75) is 25.3 Å². The molecule has 1 atom stereocenters. The largest absolute Gasteiger partial charge is 0.325 e. The predicted octanol–water partition coefficient (Wildman–Crippen LogP) is 2.44. The van der Waals surface area contributed by atoms with Crippen molar-refractivity contribution >= 4 is 23.5 Å². The molecule has 1 aliphatic rings. The monoisotopic (exact) mass is 376 g/mol. The van der Waals surface area contributed by atoms with Crippen LogP contribution in [0.3, 0.4) is 0 Å². The Morgan fingerprint density at radius 2 is 1.82 bits per heavy atom. The van der Waals surface area contributed by atoms with E-state index in [1.807, 2.05) is 36.4 Å². The van der Waals surface area contributed by atoms with Gasteiger partial charge < -0.3 is 10.6 Å². The number of carbonyl (C=O) groups is 3. The summed E-state index contributed by atoms with van der Waals surface area (Å²) in [6.45, 7) is 1.31. The van der Waals surface area contributed by atoms with Crippen molar-refractivity contribution in [1.82, 2.24) is 10.2 Å². The summed E-state index contributed by atoms with van der Waals surface area (Å²) in [5.41, 5.74) is 0.994. The second kappa shape index (κ2) is 7.92. The second-order valence-electron chi connectivity index (χ2n) is 6.88. The number of amides is 4. The third-order valence-corrected chi connectivity index (χ3v) is 4.70. The number of benzene rings is 2. The van der Waals surface area contributed by atoms with E-state index in [-0.39, 0.29) is 6.54 Å². The van der Waals surface area contributed by atoms with Crippen LogP contribution in [0.5, 0.6) is 0 Å². The number of imide groups is 1. The molecular formula is C21H20N4O3. The van der Waals surface area contributed by atoms with Gasteiger partial charge in [-0.15, -0.1) is 0 Å². The Bertz CT molecular complexity index is 934. The molecule has 4 amide bonds. The third-order valence-electron chi connectivity index (χ3n) is 4.70. The standard InChI is InChI=1S/C21H20N4O3/c1-21(12-11-15-5-3-2-4-6-15)19(27)25(20(28)24-21)14-18(26)23-17-9-7-16(13-22)8-10-17/h2-10H,11-12,14H2,1H3,(H,23,26)(H,24,28)/t21-/m0/s1. The normalized spacial score (nSPS) is 18.5. The van der Waals surface area contributed by atoms with Crippen LogP contribution in [0.4, 0.5) is 10.5 Å². The van der Waals surface area contributed by atoms with Crippen molar-refractivity contribution in [3.05, 3.63) is 65.7 Å². The Morgan fingerprint density at radius 1 is 1.14 bits per heavy atom. The third kappa shape index (κ3) is 4.18. The van der Waals surface area contributed by atoms with Crippen LogP contribution in [0.25, 0.3) is 0 Å². The van der Waals surface area contributed by atoms with Crippen molar-refractivity contribution in [3.63, 3.8) is 0 Å². The van der Waals surface area contributed by atoms with Gasteiger partial charge in [0.25, 0.3) is 5.91 Å². The van der Waals surface area contributed by atoms with Gasteiger partial charge in [-0.25, -0.2) is 4.79 Å². The summed E-state index contributed by atoms with van der Waals surface area (Å²) in [6.07, 6.45) is 1.07. The van der Waals surface area contributed by atoms with Crippen molar-refractivity contribution in [2.24, 2.45) is 0 Å². The van der Waals surface area contributed by atoms with E-state index < -0.39 is 23.4 Å². The zero-order valence-corrected chi connectivity index (χ0v) is 15.4. The second-order valence-corrected chi connectivity index (χ2v) is 6.88. The Morgan fingerprint density at radius 3 is 2.46 bits per heavy atom. The topological polar surface area (TPSA) is 102 Å². The lowest BCUT2D eigenvalue weighted by Crippen LogP contribution is -2.45. The van der Waals surface area contributed by atoms with Gasteiger partial charge in [-0.05, 0) is 49.6 Å². The van der Waals surface area contributed by atoms with Crippen LogP contribution >= 0.6 is 0 Å². The van der Waals surface area contributed by atoms with E-state index in [0.717, 1.165) is 10.5 Å². The van der Waals surface area contributed by atoms with Gasteiger partial charge in [-0.2, -0.15) is 5.26 Å². The number of anilines is 1. The quantitative estimate of drug-likeness (QED) is 0.756. The molecule has 0 saturated carbocycles. The van der Waals surface area contributed by atoms with Crippen molar-refractivity contribution in [3.8, 4) is 6.07 Å². The number of carbonyl (C=O) groups excluding carboxylic acids is 3. The summed E-state index contributed by atoms with van der Waals surface area (Å²) in [4.78, 5) is 38.2. The fraction of sp³-hybridized carbons (Fsp3) is 0.238. The van der Waals surface area contributed by atoms with E-state index in [2.05, 4.69) is 10.6 Å². The molecule has 1 heterocycles. The average molecular weight is 376 g/mol. The molecule has 0 aromatic heterocycles. The number of nitriles is 1. The first kappa shape index (κ1) is 19.1. The molecule has 1 aliphatic heterocycles. The molecule has 0 radical (unpaired) electrons. The summed E-state index contributed by atoms with van der Waals surface area (Å²) in [5.74, 6) is -0.899. The number of hydrogen-bond acceptors (Lipinski definition) is 4. The SMILES string of the molecule is C[C@@]1(CCc2ccccc2)NC(=O)N(CC(=O)Nc2ccc(C#N)cc2)C1=O. The van der Waals surface area contributed by atoms with Gasteiger partial charge in [0.05, 0.1) is 11.6 Å². The number of urea groups is 1. The Kier molecular flexibility index (Phi) is 5.41. The molecule has 28 heavy (non-hydrogen) atoms. The Hall–Kier alpha value is -3.66. The number of hydrogen-bond donors (Lipinski definition) is 2. The summed E-state index contributed by atoms with van der Waals surface area (Å²) >= 11 is 0. The number of rotatable bonds is 6. The van der Waals surface area contributed by atoms with Gasteiger partial charge in [0.1, 0.15) is 12.1 Å². The van der Waals surface area contributed by atoms with Gasteiger partial charge in [0.15, 0.2) is 0 Å². The maximum absolute atomic E-state index is 12.8. The summed E-state index contributed by atoms with van der Waals surface area (Å²) in [6, 6.07) is 17.4. The molecule has 2 N–H and O–H groups in total. The van der Waals surface area contributed by atoms with E-state index in [0.29, 0.717) is 24.1 Å². The molecule has 0 spiro atoms. The van der Waals surface area contributed by atoms with Crippen molar-refractivity contribution in [1.29, 1.82) is 5.26 Å². The molecular weight excluding hydrogens is 356 g/mol. The zero-order chi connectivity index (χ0) is 20.1. The highest BCUT2D eigenvalue weighted by molar-refractivity contribution is 6.09. The van der Waals surface area contributed by atoms with Crippen LogP contribution in [0.15, 0.2) is 54.6 Å². The molecule has 0 unspecified atom stereocenters. The van der Waals surface area contributed by atoms with E-state index in [1.165, 1.54) is 0 Å². The van der Waals surface area contributed by atoms with Gasteiger partial charge in [0.2, 0.25) is 5.91 Å². The molecule has 1 saturated heterocycles. The van der Waals surface area contributed by atoms with E-state index >= 15 is 0 Å². The maximum Gasteiger partial charge on any atom is 0.325 e. The van der Waals surface area contributed by atoms with Crippen molar-refractivity contribution < 1.29 is 14.4 Å². The van der Waals surface area contributed by atoms with E-state index in [1.54, 1.807) is 31.2 Å². The summed E-state index contributed by atoms with van der Waals surface area (Å²) in [5, 5.41) is 14.1. The van der Waals surface area contributed by atoms with Gasteiger partial charge in [-0.3, -0.25) is 14.5 Å². The van der Waals surface area contributed by atoms with Gasteiger partial charge in [0, 0.05) is 5.69 Å². The minimum absolute atomic E-state index is 0.369. The molecule has 7 nitrogen and oxygen atoms in total. The Balaban J connectivity index is 1.60. The highest BCUT2D eigenvalue weighted by Gasteiger charge is 2.47. The first-order chi connectivity index (χ1) is 13.4. The minimum atomic E-state index is -1.04. The summed E-state index contributed by atoms with van der Waals surface area (Å²) in [7, 11) is 0. The van der Waals surface area contributed by atoms with Gasteiger partial charge >= 0.3 is 6.03 Å². The van der Waals surface area contributed by atoms with Crippen LogP contribution in [-0.2, 0) is 16.0 Å². The van der Waals surface area contributed by atoms with Crippen molar-refractivity contribution in [2.75, 3.05) is 11.9 Å².